The highest BCUT2D eigenvalue weighted by molar-refractivity contribution is 9.10. The van der Waals surface area contributed by atoms with Crippen LogP contribution in [-0.4, -0.2) is 23.0 Å². The number of hydrogen-bond donors (Lipinski definition) is 1. The molecule has 4 rings (SSSR count). The van der Waals surface area contributed by atoms with E-state index in [9.17, 15) is 4.79 Å². The quantitative estimate of drug-likeness (QED) is 0.514. The van der Waals surface area contributed by atoms with Crippen molar-refractivity contribution in [2.24, 2.45) is 5.92 Å². The number of fused-ring (bicyclic) bond motifs is 3. The van der Waals surface area contributed by atoms with Crippen molar-refractivity contribution < 1.29 is 9.53 Å². The molecule has 0 aliphatic heterocycles. The minimum atomic E-state index is -0.0810. The second-order valence-electron chi connectivity index (χ2n) is 8.29. The average Bonchev–Trinajstić information content (AvgIpc) is 2.75. The molecule has 0 fully saturated rings. The summed E-state index contributed by atoms with van der Waals surface area (Å²) in [7, 11) is 1.68. The van der Waals surface area contributed by atoms with Crippen molar-refractivity contribution in [3.05, 3.63) is 69.5 Å². The zero-order valence-corrected chi connectivity index (χ0v) is 19.6. The Labute approximate surface area is 191 Å². The first kappa shape index (κ1) is 21.5. The highest BCUT2D eigenvalue weighted by Gasteiger charge is 2.23. The maximum atomic E-state index is 12.7. The molecule has 0 spiro atoms. The van der Waals surface area contributed by atoms with Crippen LogP contribution in [0.5, 0.6) is 5.75 Å². The Morgan fingerprint density at radius 2 is 1.90 bits per heavy atom. The van der Waals surface area contributed by atoms with E-state index in [0.717, 1.165) is 57.7 Å². The van der Waals surface area contributed by atoms with Crippen LogP contribution in [0, 0.1) is 5.92 Å². The molecule has 1 aromatic heterocycles. The molecule has 160 valence electrons. The molecule has 1 aliphatic rings. The standard InChI is InChI=1S/C25H26BrN3O2/c1-15(2)12-22-25(29-23(30)13-16-4-7-18(26)8-5-16)28-21-11-6-17-14-19(31-3)9-10-20(17)24(21)27-22/h4-5,7-10,14-15H,6,11-13H2,1-3H3,(H,28,29,30). The number of halogens is 1. The van der Waals surface area contributed by atoms with Gasteiger partial charge in [0.2, 0.25) is 5.91 Å². The lowest BCUT2D eigenvalue weighted by atomic mass is 9.91. The highest BCUT2D eigenvalue weighted by Crippen LogP contribution is 2.35. The van der Waals surface area contributed by atoms with Gasteiger partial charge in [0.05, 0.1) is 30.6 Å². The van der Waals surface area contributed by atoms with Gasteiger partial charge in [0.15, 0.2) is 5.82 Å². The van der Waals surface area contributed by atoms with Gasteiger partial charge in [0.25, 0.3) is 0 Å². The molecule has 0 saturated carbocycles. The summed E-state index contributed by atoms with van der Waals surface area (Å²) in [5, 5.41) is 3.03. The van der Waals surface area contributed by atoms with E-state index < -0.39 is 0 Å². The molecule has 1 amide bonds. The van der Waals surface area contributed by atoms with E-state index in [0.29, 0.717) is 18.2 Å². The van der Waals surface area contributed by atoms with E-state index >= 15 is 0 Å². The molecule has 1 heterocycles. The van der Waals surface area contributed by atoms with Crippen LogP contribution in [-0.2, 0) is 30.5 Å². The van der Waals surface area contributed by atoms with Crippen LogP contribution in [0.2, 0.25) is 0 Å². The topological polar surface area (TPSA) is 64.1 Å². The van der Waals surface area contributed by atoms with Gasteiger partial charge in [-0.05, 0) is 66.6 Å². The summed E-state index contributed by atoms with van der Waals surface area (Å²) in [4.78, 5) is 22.6. The molecule has 0 atom stereocenters. The molecule has 3 aromatic rings. The lowest BCUT2D eigenvalue weighted by molar-refractivity contribution is -0.115. The number of aryl methyl sites for hydroxylation is 2. The minimum Gasteiger partial charge on any atom is -0.497 e. The summed E-state index contributed by atoms with van der Waals surface area (Å²) < 4.78 is 6.37. The van der Waals surface area contributed by atoms with Crippen LogP contribution < -0.4 is 10.1 Å². The molecule has 0 bridgehead atoms. The van der Waals surface area contributed by atoms with E-state index in [1.54, 1.807) is 7.11 Å². The van der Waals surface area contributed by atoms with Crippen molar-refractivity contribution in [2.45, 2.75) is 39.5 Å². The number of carbonyl (C=O) groups excluding carboxylic acids is 1. The van der Waals surface area contributed by atoms with Crippen LogP contribution in [0.25, 0.3) is 11.3 Å². The number of amides is 1. The molecule has 6 heteroatoms. The number of aromatic nitrogens is 2. The number of nitrogens with one attached hydrogen (secondary N) is 1. The van der Waals surface area contributed by atoms with Gasteiger partial charge in [-0.2, -0.15) is 0 Å². The number of nitrogens with zero attached hydrogens (tertiary/aromatic N) is 2. The zero-order chi connectivity index (χ0) is 22.0. The second kappa shape index (κ2) is 9.18. The van der Waals surface area contributed by atoms with Crippen LogP contribution in [0.3, 0.4) is 0 Å². The Hall–Kier alpha value is -2.73. The molecule has 31 heavy (non-hydrogen) atoms. The molecule has 0 unspecified atom stereocenters. The fourth-order valence-electron chi connectivity index (χ4n) is 3.88. The Kier molecular flexibility index (Phi) is 6.37. The van der Waals surface area contributed by atoms with Crippen molar-refractivity contribution in [3.8, 4) is 17.0 Å². The summed E-state index contributed by atoms with van der Waals surface area (Å²) in [6, 6.07) is 13.9. The number of methoxy groups -OCH3 is 1. The number of ether oxygens (including phenoxy) is 1. The molecular weight excluding hydrogens is 454 g/mol. The van der Waals surface area contributed by atoms with E-state index in [4.69, 9.17) is 14.7 Å². The summed E-state index contributed by atoms with van der Waals surface area (Å²) in [5.74, 6) is 1.76. The number of benzene rings is 2. The lowest BCUT2D eigenvalue weighted by Crippen LogP contribution is -2.20. The lowest BCUT2D eigenvalue weighted by Gasteiger charge is -2.22. The monoisotopic (exact) mass is 479 g/mol. The smallest absolute Gasteiger partial charge is 0.229 e. The molecule has 2 aromatic carbocycles. The normalized spacial score (nSPS) is 12.3. The van der Waals surface area contributed by atoms with Gasteiger partial charge in [0.1, 0.15) is 5.75 Å². The number of anilines is 1. The molecule has 0 saturated heterocycles. The van der Waals surface area contributed by atoms with Crippen molar-refractivity contribution in [1.82, 2.24) is 9.97 Å². The summed E-state index contributed by atoms with van der Waals surface area (Å²) in [6.45, 7) is 4.29. The molecule has 5 nitrogen and oxygen atoms in total. The number of hydrogen-bond acceptors (Lipinski definition) is 4. The van der Waals surface area contributed by atoms with Crippen LogP contribution in [0.15, 0.2) is 46.9 Å². The Morgan fingerprint density at radius 3 is 2.61 bits per heavy atom. The van der Waals surface area contributed by atoms with Crippen LogP contribution in [0.4, 0.5) is 5.82 Å². The van der Waals surface area contributed by atoms with E-state index in [-0.39, 0.29) is 5.91 Å². The van der Waals surface area contributed by atoms with Crippen LogP contribution >= 0.6 is 15.9 Å². The van der Waals surface area contributed by atoms with E-state index in [2.05, 4.69) is 47.2 Å². The van der Waals surface area contributed by atoms with Gasteiger partial charge in [-0.1, -0.05) is 41.9 Å². The number of rotatable bonds is 6. The zero-order valence-electron chi connectivity index (χ0n) is 18.0. The van der Waals surface area contributed by atoms with Crippen LogP contribution in [0.1, 0.15) is 36.4 Å². The minimum absolute atomic E-state index is 0.0810. The molecule has 0 radical (unpaired) electrons. The van der Waals surface area contributed by atoms with Gasteiger partial charge < -0.3 is 10.1 Å². The Bertz CT molecular complexity index is 1110. The van der Waals surface area contributed by atoms with Gasteiger partial charge in [0, 0.05) is 10.0 Å². The third kappa shape index (κ3) is 4.96. The molecular formula is C25H26BrN3O2. The van der Waals surface area contributed by atoms with Crippen molar-refractivity contribution in [1.29, 1.82) is 0 Å². The first-order valence-corrected chi connectivity index (χ1v) is 11.3. The van der Waals surface area contributed by atoms with Gasteiger partial charge in [-0.15, -0.1) is 0 Å². The molecule has 1 aliphatic carbocycles. The fraction of sp³-hybridized carbons (Fsp3) is 0.320. The van der Waals surface area contributed by atoms with E-state index in [1.807, 2.05) is 30.3 Å². The van der Waals surface area contributed by atoms with Crippen molar-refractivity contribution in [3.63, 3.8) is 0 Å². The largest absolute Gasteiger partial charge is 0.497 e. The predicted octanol–water partition coefficient (Wildman–Crippen LogP) is 5.39. The maximum Gasteiger partial charge on any atom is 0.229 e. The second-order valence-corrected chi connectivity index (χ2v) is 9.20. The fourth-order valence-corrected chi connectivity index (χ4v) is 4.14. The van der Waals surface area contributed by atoms with Crippen molar-refractivity contribution in [2.75, 3.05) is 12.4 Å². The third-order valence-electron chi connectivity index (χ3n) is 5.38. The highest BCUT2D eigenvalue weighted by atomic mass is 79.9. The van der Waals surface area contributed by atoms with Crippen molar-refractivity contribution >= 4 is 27.7 Å². The molecule has 1 N–H and O–H groups in total. The first-order valence-electron chi connectivity index (χ1n) is 10.5. The summed E-state index contributed by atoms with van der Waals surface area (Å²) in [5.41, 5.74) is 5.98. The number of carbonyl (C=O) groups is 1. The Balaban J connectivity index is 1.65. The Morgan fingerprint density at radius 1 is 1.13 bits per heavy atom. The van der Waals surface area contributed by atoms with Gasteiger partial charge in [-0.25, -0.2) is 9.97 Å². The predicted molar refractivity (Wildman–Crippen MR) is 126 cm³/mol. The van der Waals surface area contributed by atoms with Gasteiger partial charge in [-0.3, -0.25) is 4.79 Å². The first-order chi connectivity index (χ1) is 14.9. The maximum absolute atomic E-state index is 12.7. The van der Waals surface area contributed by atoms with Gasteiger partial charge >= 0.3 is 0 Å². The summed E-state index contributed by atoms with van der Waals surface area (Å²) in [6.07, 6.45) is 2.72. The average molecular weight is 480 g/mol. The SMILES string of the molecule is COc1ccc2c(c1)CCc1nc(NC(=O)Cc3ccc(Br)cc3)c(CC(C)C)nc1-2. The summed E-state index contributed by atoms with van der Waals surface area (Å²) >= 11 is 3.43. The van der Waals surface area contributed by atoms with E-state index in [1.165, 1.54) is 5.56 Å². The third-order valence-corrected chi connectivity index (χ3v) is 5.90.